The fourth-order valence-electron chi connectivity index (χ4n) is 3.31. The van der Waals surface area contributed by atoms with Crippen LogP contribution >= 0.6 is 0 Å². The van der Waals surface area contributed by atoms with Gasteiger partial charge in [-0.3, -0.25) is 4.79 Å². The molecule has 6 nitrogen and oxygen atoms in total. The molecular formula is C18H29N3O3+2. The number of rotatable bonds is 6. The van der Waals surface area contributed by atoms with Crippen molar-refractivity contribution >= 4 is 5.91 Å². The number of hydrogen-bond donors (Lipinski definition) is 3. The summed E-state index contributed by atoms with van der Waals surface area (Å²) in [6.07, 6.45) is 0.981. The minimum Gasteiger partial charge on any atom is -0.454 e. The Bertz CT molecular complexity index is 571. The first-order chi connectivity index (χ1) is 11.6. The number of carbonyl (C=O) groups excluding carboxylic acids is 1. The van der Waals surface area contributed by atoms with Crippen molar-refractivity contribution in [3.05, 3.63) is 23.8 Å². The molecular weight excluding hydrogens is 306 g/mol. The number of nitrogens with one attached hydrogen (secondary N) is 3. The summed E-state index contributed by atoms with van der Waals surface area (Å²) in [5, 5.41) is 3.06. The minimum absolute atomic E-state index is 0.179. The van der Waals surface area contributed by atoms with Gasteiger partial charge in [0.25, 0.3) is 5.91 Å². The number of quaternary nitrogens is 2. The van der Waals surface area contributed by atoms with Crippen molar-refractivity contribution in [2.75, 3.05) is 39.5 Å². The van der Waals surface area contributed by atoms with Gasteiger partial charge >= 0.3 is 0 Å². The van der Waals surface area contributed by atoms with Crippen LogP contribution in [0, 0.1) is 0 Å². The number of piperazine rings is 1. The SMILES string of the molecule is CC[C@H](C)NC(=O)C[NH+]1CC[NH+](Cc2ccc3c(c2)OCO3)CC1. The normalized spacial score (nSPS) is 23.8. The van der Waals surface area contributed by atoms with Crippen LogP contribution in [0.1, 0.15) is 25.8 Å². The van der Waals surface area contributed by atoms with Crippen LogP contribution in [0.5, 0.6) is 11.5 Å². The van der Waals surface area contributed by atoms with Gasteiger partial charge in [0.1, 0.15) is 32.7 Å². The Hall–Kier alpha value is -1.79. The average molecular weight is 335 g/mol. The van der Waals surface area contributed by atoms with Crippen molar-refractivity contribution in [2.45, 2.75) is 32.9 Å². The smallest absolute Gasteiger partial charge is 0.275 e. The molecule has 2 aliphatic heterocycles. The fraction of sp³-hybridized carbons (Fsp3) is 0.611. The highest BCUT2D eigenvalue weighted by molar-refractivity contribution is 5.77. The van der Waals surface area contributed by atoms with Gasteiger partial charge in [-0.05, 0) is 31.5 Å². The number of fused-ring (bicyclic) bond motifs is 1. The first-order valence-electron chi connectivity index (χ1n) is 8.99. The molecule has 0 unspecified atom stereocenters. The van der Waals surface area contributed by atoms with Gasteiger partial charge in [-0.25, -0.2) is 0 Å². The second-order valence-corrected chi connectivity index (χ2v) is 6.92. The zero-order valence-corrected chi connectivity index (χ0v) is 14.7. The Morgan fingerprint density at radius 1 is 1.17 bits per heavy atom. The number of amides is 1. The second-order valence-electron chi connectivity index (χ2n) is 6.92. The molecule has 1 saturated heterocycles. The largest absolute Gasteiger partial charge is 0.454 e. The molecule has 132 valence electrons. The molecule has 1 atom stereocenters. The first kappa shape index (κ1) is 17.0. The topological polar surface area (TPSA) is 56.4 Å². The second kappa shape index (κ2) is 7.85. The van der Waals surface area contributed by atoms with E-state index in [4.69, 9.17) is 9.47 Å². The van der Waals surface area contributed by atoms with Crippen molar-refractivity contribution in [1.82, 2.24) is 5.32 Å². The van der Waals surface area contributed by atoms with E-state index in [1.54, 1.807) is 4.90 Å². The third-order valence-corrected chi connectivity index (χ3v) is 4.99. The lowest BCUT2D eigenvalue weighted by Gasteiger charge is -2.29. The monoisotopic (exact) mass is 335 g/mol. The lowest BCUT2D eigenvalue weighted by atomic mass is 10.1. The van der Waals surface area contributed by atoms with Crippen LogP contribution in [-0.2, 0) is 11.3 Å². The van der Waals surface area contributed by atoms with E-state index in [0.29, 0.717) is 13.3 Å². The molecule has 0 aliphatic carbocycles. The zero-order valence-electron chi connectivity index (χ0n) is 14.7. The van der Waals surface area contributed by atoms with Gasteiger partial charge < -0.3 is 24.6 Å². The summed E-state index contributed by atoms with van der Waals surface area (Å²) in [5.74, 6) is 1.88. The molecule has 0 saturated carbocycles. The summed E-state index contributed by atoms with van der Waals surface area (Å²) in [6.45, 7) is 10.4. The molecule has 1 aromatic rings. The van der Waals surface area contributed by atoms with E-state index in [-0.39, 0.29) is 11.9 Å². The Labute approximate surface area is 143 Å². The van der Waals surface area contributed by atoms with Crippen molar-refractivity contribution in [3.63, 3.8) is 0 Å². The third-order valence-electron chi connectivity index (χ3n) is 4.99. The summed E-state index contributed by atoms with van der Waals surface area (Å²) in [6, 6.07) is 6.49. The predicted molar refractivity (Wildman–Crippen MR) is 90.4 cm³/mol. The number of carbonyl (C=O) groups is 1. The molecule has 0 spiro atoms. The predicted octanol–water partition coefficient (Wildman–Crippen LogP) is -1.39. The van der Waals surface area contributed by atoms with E-state index in [1.165, 1.54) is 10.5 Å². The standard InChI is InChI=1S/C18H27N3O3/c1-3-14(2)19-18(22)12-21-8-6-20(7-9-21)11-15-4-5-16-17(10-15)24-13-23-16/h4-5,10,14H,3,6-9,11-13H2,1-2H3,(H,19,22)/p+2/t14-/m0/s1. The summed E-state index contributed by atoms with van der Waals surface area (Å²) in [4.78, 5) is 15.0. The van der Waals surface area contributed by atoms with Gasteiger partial charge in [0, 0.05) is 11.6 Å². The van der Waals surface area contributed by atoms with E-state index in [9.17, 15) is 4.79 Å². The van der Waals surface area contributed by atoms with Gasteiger partial charge in [0.05, 0.1) is 0 Å². The van der Waals surface area contributed by atoms with E-state index >= 15 is 0 Å². The third kappa shape index (κ3) is 4.39. The van der Waals surface area contributed by atoms with E-state index in [0.717, 1.165) is 50.6 Å². The highest BCUT2D eigenvalue weighted by Crippen LogP contribution is 2.32. The lowest BCUT2D eigenvalue weighted by molar-refractivity contribution is -1.02. The number of benzene rings is 1. The molecule has 0 radical (unpaired) electrons. The molecule has 1 fully saturated rings. The minimum atomic E-state index is 0.179. The molecule has 1 aromatic carbocycles. The van der Waals surface area contributed by atoms with E-state index in [1.807, 2.05) is 6.07 Å². The maximum absolute atomic E-state index is 12.0. The Morgan fingerprint density at radius 3 is 2.62 bits per heavy atom. The molecule has 24 heavy (non-hydrogen) atoms. The molecule has 0 bridgehead atoms. The molecule has 6 heteroatoms. The number of hydrogen-bond acceptors (Lipinski definition) is 3. The summed E-state index contributed by atoms with van der Waals surface area (Å²) < 4.78 is 10.8. The maximum atomic E-state index is 12.0. The first-order valence-corrected chi connectivity index (χ1v) is 8.99. The molecule has 3 rings (SSSR count). The van der Waals surface area contributed by atoms with Crippen LogP contribution in [-0.4, -0.2) is 51.5 Å². The maximum Gasteiger partial charge on any atom is 0.275 e. The van der Waals surface area contributed by atoms with Crippen LogP contribution in [0.15, 0.2) is 18.2 Å². The quantitative estimate of drug-likeness (QED) is 0.600. The van der Waals surface area contributed by atoms with Crippen molar-refractivity contribution in [1.29, 1.82) is 0 Å². The van der Waals surface area contributed by atoms with Gasteiger partial charge in [0.15, 0.2) is 18.0 Å². The van der Waals surface area contributed by atoms with E-state index in [2.05, 4.69) is 31.3 Å². The molecule has 3 N–H and O–H groups in total. The van der Waals surface area contributed by atoms with Crippen LogP contribution in [0.4, 0.5) is 0 Å². The van der Waals surface area contributed by atoms with E-state index < -0.39 is 0 Å². The molecule has 1 amide bonds. The average Bonchev–Trinajstić information content (AvgIpc) is 3.04. The van der Waals surface area contributed by atoms with Crippen LogP contribution in [0.25, 0.3) is 0 Å². The molecule has 2 aliphatic rings. The summed E-state index contributed by atoms with van der Waals surface area (Å²) in [7, 11) is 0. The highest BCUT2D eigenvalue weighted by atomic mass is 16.7. The highest BCUT2D eigenvalue weighted by Gasteiger charge is 2.25. The Morgan fingerprint density at radius 2 is 1.88 bits per heavy atom. The van der Waals surface area contributed by atoms with Gasteiger partial charge in [-0.15, -0.1) is 0 Å². The van der Waals surface area contributed by atoms with Crippen LogP contribution < -0.4 is 24.6 Å². The van der Waals surface area contributed by atoms with Crippen molar-refractivity contribution < 1.29 is 24.1 Å². The number of ether oxygens (including phenoxy) is 2. The lowest BCUT2D eigenvalue weighted by Crippen LogP contribution is -3.28. The Kier molecular flexibility index (Phi) is 5.58. The van der Waals surface area contributed by atoms with Gasteiger partial charge in [0.2, 0.25) is 6.79 Å². The van der Waals surface area contributed by atoms with Gasteiger partial charge in [-0.2, -0.15) is 0 Å². The summed E-state index contributed by atoms with van der Waals surface area (Å²) in [5.41, 5.74) is 1.28. The van der Waals surface area contributed by atoms with Crippen LogP contribution in [0.3, 0.4) is 0 Å². The fourth-order valence-corrected chi connectivity index (χ4v) is 3.31. The molecule has 0 aromatic heterocycles. The zero-order chi connectivity index (χ0) is 16.9. The van der Waals surface area contributed by atoms with Gasteiger partial charge in [-0.1, -0.05) is 6.92 Å². The van der Waals surface area contributed by atoms with Crippen LogP contribution in [0.2, 0.25) is 0 Å². The van der Waals surface area contributed by atoms with Crippen molar-refractivity contribution in [3.8, 4) is 11.5 Å². The van der Waals surface area contributed by atoms with Crippen molar-refractivity contribution in [2.24, 2.45) is 0 Å². The summed E-state index contributed by atoms with van der Waals surface area (Å²) >= 11 is 0. The Balaban J connectivity index is 1.43. The molecule has 2 heterocycles.